The molecule has 0 unspecified atom stereocenters. The number of rotatable bonds is 2. The quantitative estimate of drug-likeness (QED) is 0.820. The third-order valence-electron chi connectivity index (χ3n) is 2.38. The molecule has 0 radical (unpaired) electrons. The van der Waals surface area contributed by atoms with Gasteiger partial charge in [-0.15, -0.1) is 0 Å². The van der Waals surface area contributed by atoms with Crippen LogP contribution in [-0.2, 0) is 0 Å². The zero-order valence-electron chi connectivity index (χ0n) is 9.47. The number of anilines is 3. The molecule has 0 amide bonds. The second-order valence-corrected chi connectivity index (χ2v) is 5.51. The number of benzene rings is 1. The molecule has 0 saturated heterocycles. The monoisotopic (exact) mass is 373 g/mol. The van der Waals surface area contributed by atoms with Crippen molar-refractivity contribution >= 4 is 49.1 Å². The highest BCUT2D eigenvalue weighted by atomic mass is 79.9. The van der Waals surface area contributed by atoms with Crippen LogP contribution in [0.5, 0.6) is 0 Å². The highest BCUT2D eigenvalue weighted by molar-refractivity contribution is 9.10. The highest BCUT2D eigenvalue weighted by Gasteiger charge is 2.08. The maximum atomic E-state index is 13.5. The normalized spacial score (nSPS) is 10.4. The first-order chi connectivity index (χ1) is 8.47. The Bertz CT molecular complexity index is 602. The maximum absolute atomic E-state index is 13.5. The van der Waals surface area contributed by atoms with Crippen LogP contribution in [0.25, 0.3) is 0 Å². The van der Waals surface area contributed by atoms with Crippen LogP contribution < -0.4 is 11.1 Å². The Kier molecular flexibility index (Phi) is 3.87. The molecule has 0 bridgehead atoms. The molecular weight excluding hydrogens is 365 g/mol. The first-order valence-corrected chi connectivity index (χ1v) is 6.69. The van der Waals surface area contributed by atoms with Gasteiger partial charge < -0.3 is 11.1 Å². The van der Waals surface area contributed by atoms with Gasteiger partial charge in [0.15, 0.2) is 0 Å². The maximum Gasteiger partial charge on any atom is 0.144 e. The lowest BCUT2D eigenvalue weighted by Crippen LogP contribution is -1.99. The van der Waals surface area contributed by atoms with Gasteiger partial charge in [-0.3, -0.25) is 0 Å². The van der Waals surface area contributed by atoms with E-state index in [2.05, 4.69) is 42.2 Å². The lowest BCUT2D eigenvalue weighted by Gasteiger charge is -2.11. The van der Waals surface area contributed by atoms with Gasteiger partial charge in [0, 0.05) is 5.69 Å². The summed E-state index contributed by atoms with van der Waals surface area (Å²) in [5.74, 6) is 0.267. The number of pyridine rings is 1. The largest absolute Gasteiger partial charge is 0.397 e. The van der Waals surface area contributed by atoms with Gasteiger partial charge in [-0.25, -0.2) is 9.37 Å². The summed E-state index contributed by atoms with van der Waals surface area (Å²) in [7, 11) is 0. The van der Waals surface area contributed by atoms with Gasteiger partial charge in [0.2, 0.25) is 0 Å². The minimum atomic E-state index is -0.324. The molecule has 1 aromatic heterocycles. The number of aryl methyl sites for hydroxylation is 1. The molecule has 0 atom stereocenters. The van der Waals surface area contributed by atoms with Gasteiger partial charge in [-0.05, 0) is 62.5 Å². The summed E-state index contributed by atoms with van der Waals surface area (Å²) in [5.41, 5.74) is 7.74. The predicted molar refractivity (Wildman–Crippen MR) is 78.5 cm³/mol. The van der Waals surface area contributed by atoms with E-state index in [1.807, 2.05) is 6.92 Å². The molecule has 0 saturated carbocycles. The van der Waals surface area contributed by atoms with Gasteiger partial charge in [0.1, 0.15) is 11.6 Å². The van der Waals surface area contributed by atoms with Crippen molar-refractivity contribution in [3.63, 3.8) is 0 Å². The van der Waals surface area contributed by atoms with Crippen LogP contribution in [0.15, 0.2) is 33.3 Å². The third-order valence-corrected chi connectivity index (χ3v) is 3.59. The number of nitrogens with one attached hydrogen (secondary N) is 1. The summed E-state index contributed by atoms with van der Waals surface area (Å²) >= 11 is 6.50. The molecule has 0 aliphatic carbocycles. The minimum Gasteiger partial charge on any atom is -0.397 e. The summed E-state index contributed by atoms with van der Waals surface area (Å²) in [6.45, 7) is 1.89. The standard InChI is InChI=1S/C12H10Br2FN3/c1-6-2-8(13)10(15)4-11(6)18-12-9(14)3-7(16)5-17-12/h2-5H,16H2,1H3,(H,17,18). The van der Waals surface area contributed by atoms with Crippen molar-refractivity contribution in [1.82, 2.24) is 4.98 Å². The molecule has 18 heavy (non-hydrogen) atoms. The SMILES string of the molecule is Cc1cc(Br)c(F)cc1Nc1ncc(N)cc1Br. The number of nitrogens with two attached hydrogens (primary N) is 1. The van der Waals surface area contributed by atoms with Crippen LogP contribution in [0.2, 0.25) is 0 Å². The molecule has 94 valence electrons. The Hall–Kier alpha value is -1.14. The molecule has 2 aromatic rings. The Balaban J connectivity index is 2.37. The molecule has 0 aliphatic heterocycles. The second kappa shape index (κ2) is 5.24. The summed E-state index contributed by atoms with van der Waals surface area (Å²) in [6, 6.07) is 4.87. The molecule has 1 aromatic carbocycles. The van der Waals surface area contributed by atoms with E-state index in [4.69, 9.17) is 5.73 Å². The fraction of sp³-hybridized carbons (Fsp3) is 0.0833. The van der Waals surface area contributed by atoms with Crippen LogP contribution in [0.4, 0.5) is 21.6 Å². The van der Waals surface area contributed by atoms with Crippen molar-refractivity contribution in [3.05, 3.63) is 44.7 Å². The third kappa shape index (κ3) is 2.81. The molecule has 3 N–H and O–H groups in total. The van der Waals surface area contributed by atoms with Crippen LogP contribution in [0.3, 0.4) is 0 Å². The van der Waals surface area contributed by atoms with E-state index in [1.165, 1.54) is 12.3 Å². The van der Waals surface area contributed by atoms with Crippen molar-refractivity contribution in [2.75, 3.05) is 11.1 Å². The first kappa shape index (κ1) is 13.3. The average Bonchev–Trinajstić information content (AvgIpc) is 2.29. The van der Waals surface area contributed by atoms with Gasteiger partial charge >= 0.3 is 0 Å². The fourth-order valence-corrected chi connectivity index (χ4v) is 2.38. The lowest BCUT2D eigenvalue weighted by atomic mass is 10.2. The average molecular weight is 375 g/mol. The Morgan fingerprint density at radius 2 is 1.94 bits per heavy atom. The Labute approximate surface area is 121 Å². The molecule has 3 nitrogen and oxygen atoms in total. The van der Waals surface area contributed by atoms with E-state index in [9.17, 15) is 4.39 Å². The van der Waals surface area contributed by atoms with Gasteiger partial charge in [-0.1, -0.05) is 0 Å². The van der Waals surface area contributed by atoms with Crippen LogP contribution in [0, 0.1) is 12.7 Å². The number of hydrogen-bond acceptors (Lipinski definition) is 3. The summed E-state index contributed by atoms with van der Waals surface area (Å²) in [6.07, 6.45) is 1.54. The number of nitrogen functional groups attached to an aromatic ring is 1. The van der Waals surface area contributed by atoms with E-state index in [0.29, 0.717) is 21.7 Å². The topological polar surface area (TPSA) is 50.9 Å². The van der Waals surface area contributed by atoms with E-state index in [1.54, 1.807) is 12.1 Å². The summed E-state index contributed by atoms with van der Waals surface area (Å²) < 4.78 is 14.7. The molecule has 0 fully saturated rings. The fourth-order valence-electron chi connectivity index (χ4n) is 1.45. The van der Waals surface area contributed by atoms with Crippen molar-refractivity contribution in [3.8, 4) is 0 Å². The van der Waals surface area contributed by atoms with Gasteiger partial charge in [0.05, 0.1) is 20.8 Å². The molecular formula is C12H10Br2FN3. The molecule has 0 spiro atoms. The lowest BCUT2D eigenvalue weighted by molar-refractivity contribution is 0.621. The predicted octanol–water partition coefficient (Wildman–Crippen LogP) is 4.38. The molecule has 1 heterocycles. The molecule has 2 rings (SSSR count). The van der Waals surface area contributed by atoms with Crippen molar-refractivity contribution in [2.24, 2.45) is 0 Å². The zero-order valence-corrected chi connectivity index (χ0v) is 12.6. The molecule has 6 heteroatoms. The van der Waals surface area contributed by atoms with E-state index < -0.39 is 0 Å². The molecule has 0 aliphatic rings. The Morgan fingerprint density at radius 1 is 1.22 bits per heavy atom. The first-order valence-electron chi connectivity index (χ1n) is 5.11. The van der Waals surface area contributed by atoms with Crippen molar-refractivity contribution < 1.29 is 4.39 Å². The minimum absolute atomic E-state index is 0.324. The number of hydrogen-bond donors (Lipinski definition) is 2. The number of aromatic nitrogens is 1. The van der Waals surface area contributed by atoms with Crippen LogP contribution in [0.1, 0.15) is 5.56 Å². The smallest absolute Gasteiger partial charge is 0.144 e. The van der Waals surface area contributed by atoms with Gasteiger partial charge in [-0.2, -0.15) is 0 Å². The second-order valence-electron chi connectivity index (χ2n) is 3.81. The van der Waals surface area contributed by atoms with E-state index in [-0.39, 0.29) is 5.82 Å². The Morgan fingerprint density at radius 3 is 2.61 bits per heavy atom. The van der Waals surface area contributed by atoms with Crippen LogP contribution >= 0.6 is 31.9 Å². The highest BCUT2D eigenvalue weighted by Crippen LogP contribution is 2.29. The number of halogens is 3. The number of nitrogens with zero attached hydrogens (tertiary/aromatic N) is 1. The van der Waals surface area contributed by atoms with Crippen molar-refractivity contribution in [1.29, 1.82) is 0 Å². The van der Waals surface area contributed by atoms with Crippen LogP contribution in [-0.4, -0.2) is 4.98 Å². The van der Waals surface area contributed by atoms with E-state index >= 15 is 0 Å². The van der Waals surface area contributed by atoms with E-state index in [0.717, 1.165) is 10.0 Å². The van der Waals surface area contributed by atoms with Gasteiger partial charge in [0.25, 0.3) is 0 Å². The summed E-state index contributed by atoms with van der Waals surface area (Å²) in [5, 5.41) is 3.06. The van der Waals surface area contributed by atoms with Crippen molar-refractivity contribution in [2.45, 2.75) is 6.92 Å². The summed E-state index contributed by atoms with van der Waals surface area (Å²) in [4.78, 5) is 4.15. The zero-order chi connectivity index (χ0) is 13.3.